The first kappa shape index (κ1) is 15.0. The molecule has 114 valence electrons. The number of amides is 1. The van der Waals surface area contributed by atoms with Crippen LogP contribution in [0, 0.1) is 5.41 Å². The van der Waals surface area contributed by atoms with Crippen LogP contribution >= 0.6 is 12.2 Å². The topological polar surface area (TPSA) is 41.1 Å². The van der Waals surface area contributed by atoms with Crippen LogP contribution in [0.15, 0.2) is 30.3 Å². The molecular weight excluding hydrogens is 292 g/mol. The van der Waals surface area contributed by atoms with Gasteiger partial charge in [-0.1, -0.05) is 45.0 Å². The van der Waals surface area contributed by atoms with Crippen molar-refractivity contribution in [3.05, 3.63) is 41.5 Å². The first-order valence-electron chi connectivity index (χ1n) is 7.52. The van der Waals surface area contributed by atoms with E-state index in [-0.39, 0.29) is 5.91 Å². The van der Waals surface area contributed by atoms with Crippen LogP contribution in [0.25, 0.3) is 10.8 Å². The molecule has 0 atom stereocenters. The van der Waals surface area contributed by atoms with E-state index in [1.54, 1.807) is 0 Å². The number of benzene rings is 2. The van der Waals surface area contributed by atoms with Crippen LogP contribution in [-0.4, -0.2) is 11.0 Å². The van der Waals surface area contributed by atoms with E-state index in [0.29, 0.717) is 5.11 Å². The molecule has 0 radical (unpaired) electrons. The van der Waals surface area contributed by atoms with Gasteiger partial charge in [-0.05, 0) is 47.6 Å². The fraction of sp³-hybridized carbons (Fsp3) is 0.333. The van der Waals surface area contributed by atoms with Gasteiger partial charge in [0.2, 0.25) is 5.91 Å². The lowest BCUT2D eigenvalue weighted by Gasteiger charge is -2.19. The molecule has 1 amide bonds. The number of nitrogens with one attached hydrogen (secondary N) is 2. The van der Waals surface area contributed by atoms with Crippen molar-refractivity contribution in [2.75, 3.05) is 5.32 Å². The lowest BCUT2D eigenvalue weighted by molar-refractivity contribution is -0.126. The molecule has 0 saturated carbocycles. The van der Waals surface area contributed by atoms with Crippen LogP contribution in [0.2, 0.25) is 0 Å². The average Bonchev–Trinajstić information content (AvgIpc) is 2.86. The predicted octanol–water partition coefficient (Wildman–Crippen LogP) is 3.80. The van der Waals surface area contributed by atoms with E-state index in [0.717, 1.165) is 18.5 Å². The zero-order valence-corrected chi connectivity index (χ0v) is 13.9. The molecule has 0 spiro atoms. The Balaban J connectivity index is 1.87. The number of rotatable bonds is 1. The lowest BCUT2D eigenvalue weighted by atomic mass is 9.96. The average molecular weight is 312 g/mol. The number of hydrogen-bond acceptors (Lipinski definition) is 2. The summed E-state index contributed by atoms with van der Waals surface area (Å²) >= 11 is 5.28. The van der Waals surface area contributed by atoms with Crippen LogP contribution in [0.3, 0.4) is 0 Å². The maximum absolute atomic E-state index is 12.0. The van der Waals surface area contributed by atoms with Crippen molar-refractivity contribution in [3.63, 3.8) is 0 Å². The number of carbonyl (C=O) groups excluding carboxylic acids is 1. The predicted molar refractivity (Wildman–Crippen MR) is 95.2 cm³/mol. The van der Waals surface area contributed by atoms with Gasteiger partial charge in [-0.3, -0.25) is 4.79 Å². The molecule has 0 fully saturated rings. The minimum atomic E-state index is -0.465. The number of carbonyl (C=O) groups is 1. The molecule has 0 unspecified atom stereocenters. The van der Waals surface area contributed by atoms with Crippen molar-refractivity contribution in [2.24, 2.45) is 5.41 Å². The summed E-state index contributed by atoms with van der Waals surface area (Å²) in [5.41, 5.74) is 3.26. The van der Waals surface area contributed by atoms with Gasteiger partial charge in [0, 0.05) is 16.5 Å². The quantitative estimate of drug-likeness (QED) is 0.787. The molecule has 22 heavy (non-hydrogen) atoms. The van der Waals surface area contributed by atoms with Crippen LogP contribution in [0.5, 0.6) is 0 Å². The molecule has 2 N–H and O–H groups in total. The molecule has 0 aromatic heterocycles. The van der Waals surface area contributed by atoms with Gasteiger partial charge >= 0.3 is 0 Å². The largest absolute Gasteiger partial charge is 0.332 e. The second-order valence-electron chi connectivity index (χ2n) is 6.77. The van der Waals surface area contributed by atoms with Gasteiger partial charge in [0.15, 0.2) is 5.11 Å². The molecule has 0 aliphatic heterocycles. The highest BCUT2D eigenvalue weighted by molar-refractivity contribution is 7.80. The third-order valence-electron chi connectivity index (χ3n) is 4.03. The first-order valence-corrected chi connectivity index (χ1v) is 7.93. The Morgan fingerprint density at radius 3 is 2.45 bits per heavy atom. The zero-order valence-electron chi connectivity index (χ0n) is 13.1. The van der Waals surface area contributed by atoms with E-state index < -0.39 is 5.41 Å². The van der Waals surface area contributed by atoms with Gasteiger partial charge in [-0.15, -0.1) is 0 Å². The van der Waals surface area contributed by atoms with Gasteiger partial charge in [0.1, 0.15) is 0 Å². The minimum absolute atomic E-state index is 0.0871. The third-order valence-corrected chi connectivity index (χ3v) is 4.24. The van der Waals surface area contributed by atoms with Crippen molar-refractivity contribution in [1.82, 2.24) is 5.32 Å². The SMILES string of the molecule is CC(C)(C)C(=O)NC(=S)Nc1ccc2c3c(cccc13)CC2. The van der Waals surface area contributed by atoms with Crippen LogP contribution in [0.4, 0.5) is 5.69 Å². The Labute approximate surface area is 136 Å². The van der Waals surface area contributed by atoms with E-state index in [1.807, 2.05) is 26.8 Å². The third kappa shape index (κ3) is 2.71. The molecule has 3 rings (SSSR count). The van der Waals surface area contributed by atoms with Crippen molar-refractivity contribution in [2.45, 2.75) is 33.6 Å². The van der Waals surface area contributed by atoms with Gasteiger partial charge in [-0.2, -0.15) is 0 Å². The molecule has 2 aromatic rings. The monoisotopic (exact) mass is 312 g/mol. The van der Waals surface area contributed by atoms with E-state index in [1.165, 1.54) is 21.9 Å². The number of aryl methyl sites for hydroxylation is 2. The number of anilines is 1. The Hall–Kier alpha value is -1.94. The second-order valence-corrected chi connectivity index (χ2v) is 7.18. The van der Waals surface area contributed by atoms with Crippen molar-refractivity contribution in [1.29, 1.82) is 0 Å². The summed E-state index contributed by atoms with van der Waals surface area (Å²) in [5.74, 6) is -0.0871. The second kappa shape index (κ2) is 5.36. The van der Waals surface area contributed by atoms with E-state index in [2.05, 4.69) is 34.9 Å². The van der Waals surface area contributed by atoms with E-state index in [4.69, 9.17) is 12.2 Å². The first-order chi connectivity index (χ1) is 10.4. The zero-order chi connectivity index (χ0) is 15.9. The van der Waals surface area contributed by atoms with Crippen molar-refractivity contribution >= 4 is 39.7 Å². The number of hydrogen-bond donors (Lipinski definition) is 2. The Kier molecular flexibility index (Phi) is 3.65. The summed E-state index contributed by atoms with van der Waals surface area (Å²) in [6.07, 6.45) is 2.20. The Morgan fingerprint density at radius 2 is 1.77 bits per heavy atom. The summed E-state index contributed by atoms with van der Waals surface area (Å²) in [6, 6.07) is 10.6. The standard InChI is InChI=1S/C18H20N2OS/c1-18(2,3)16(21)20-17(22)19-14-10-9-12-8-7-11-5-4-6-13(14)15(11)12/h4-6,9-10H,7-8H2,1-3H3,(H2,19,20,21,22). The van der Waals surface area contributed by atoms with E-state index >= 15 is 0 Å². The minimum Gasteiger partial charge on any atom is -0.332 e. The summed E-state index contributed by atoms with van der Waals surface area (Å²) in [6.45, 7) is 5.59. The molecule has 0 heterocycles. The molecule has 0 saturated heterocycles. The summed E-state index contributed by atoms with van der Waals surface area (Å²) < 4.78 is 0. The van der Waals surface area contributed by atoms with Crippen LogP contribution < -0.4 is 10.6 Å². The molecule has 3 nitrogen and oxygen atoms in total. The summed E-state index contributed by atoms with van der Waals surface area (Å²) in [4.78, 5) is 12.0. The fourth-order valence-corrected chi connectivity index (χ4v) is 3.00. The van der Waals surface area contributed by atoms with E-state index in [9.17, 15) is 4.79 Å². The molecule has 4 heteroatoms. The Bertz CT molecular complexity index is 764. The van der Waals surface area contributed by atoms with Gasteiger partial charge < -0.3 is 10.6 Å². The summed E-state index contributed by atoms with van der Waals surface area (Å²) in [5, 5.41) is 8.77. The lowest BCUT2D eigenvalue weighted by Crippen LogP contribution is -2.41. The smallest absolute Gasteiger partial charge is 0.231 e. The van der Waals surface area contributed by atoms with Gasteiger partial charge in [0.05, 0.1) is 0 Å². The Morgan fingerprint density at radius 1 is 1.09 bits per heavy atom. The van der Waals surface area contributed by atoms with Crippen LogP contribution in [0.1, 0.15) is 31.9 Å². The maximum Gasteiger partial charge on any atom is 0.231 e. The van der Waals surface area contributed by atoms with Gasteiger partial charge in [-0.25, -0.2) is 0 Å². The molecule has 2 aromatic carbocycles. The highest BCUT2D eigenvalue weighted by Crippen LogP contribution is 2.34. The van der Waals surface area contributed by atoms with Crippen molar-refractivity contribution in [3.8, 4) is 0 Å². The fourth-order valence-electron chi connectivity index (χ4n) is 2.80. The molecule has 1 aliphatic rings. The molecule has 0 bridgehead atoms. The normalized spacial score (nSPS) is 13.2. The summed E-state index contributed by atoms with van der Waals surface area (Å²) in [7, 11) is 0. The molecular formula is C18H20N2OS. The highest BCUT2D eigenvalue weighted by atomic mass is 32.1. The van der Waals surface area contributed by atoms with Crippen molar-refractivity contribution < 1.29 is 4.79 Å². The van der Waals surface area contributed by atoms with Gasteiger partial charge in [0.25, 0.3) is 0 Å². The van der Waals surface area contributed by atoms with Crippen LogP contribution in [-0.2, 0) is 17.6 Å². The highest BCUT2D eigenvalue weighted by Gasteiger charge is 2.22. The maximum atomic E-state index is 12.0. The number of thiocarbonyl (C=S) groups is 1. The molecule has 1 aliphatic carbocycles.